The number of rotatable bonds is 4. The lowest BCUT2D eigenvalue weighted by atomic mass is 10.3. The summed E-state index contributed by atoms with van der Waals surface area (Å²) in [4.78, 5) is 0.370. The third kappa shape index (κ3) is 3.21. The minimum Gasteiger partial charge on any atom is -0.319 e. The van der Waals surface area contributed by atoms with Crippen LogP contribution in [-0.2, 0) is 9.84 Å². The summed E-state index contributed by atoms with van der Waals surface area (Å²) in [5, 5.41) is 1.79. The van der Waals surface area contributed by atoms with Gasteiger partial charge in [0.25, 0.3) is 0 Å². The van der Waals surface area contributed by atoms with E-state index in [1.54, 1.807) is 36.2 Å². The predicted molar refractivity (Wildman–Crippen MR) is 61.5 cm³/mol. The highest BCUT2D eigenvalue weighted by Gasteiger charge is 2.10. The van der Waals surface area contributed by atoms with Crippen molar-refractivity contribution in [3.63, 3.8) is 0 Å². The Morgan fingerprint density at radius 3 is 2.13 bits per heavy atom. The normalized spacial score (nSPS) is 11.7. The van der Waals surface area contributed by atoms with Gasteiger partial charge in [0, 0.05) is 19.8 Å². The number of nitrogens with zero attached hydrogens (tertiary/aromatic N) is 1. The van der Waals surface area contributed by atoms with Crippen LogP contribution in [0.5, 0.6) is 0 Å². The first kappa shape index (κ1) is 12.0. The first-order valence-corrected chi connectivity index (χ1v) is 6.37. The monoisotopic (exact) mass is 228 g/mol. The highest BCUT2D eigenvalue weighted by molar-refractivity contribution is 7.91. The molecule has 0 aliphatic rings. The van der Waals surface area contributed by atoms with Gasteiger partial charge in [-0.3, -0.25) is 0 Å². The molecule has 15 heavy (non-hydrogen) atoms. The average Bonchev–Trinajstić information content (AvgIpc) is 2.18. The van der Waals surface area contributed by atoms with Crippen LogP contribution in [0.3, 0.4) is 0 Å². The second kappa shape index (κ2) is 4.63. The Balaban J connectivity index is 2.91. The van der Waals surface area contributed by atoms with Crippen molar-refractivity contribution in [1.82, 2.24) is 5.01 Å². The van der Waals surface area contributed by atoms with E-state index in [0.29, 0.717) is 4.90 Å². The summed E-state index contributed by atoms with van der Waals surface area (Å²) in [6.07, 6.45) is 0. The molecule has 84 valence electrons. The lowest BCUT2D eigenvalue weighted by Gasteiger charge is -2.13. The molecule has 0 saturated heterocycles. The van der Waals surface area contributed by atoms with E-state index in [-0.39, 0.29) is 5.75 Å². The van der Waals surface area contributed by atoms with E-state index >= 15 is 0 Å². The Hall–Kier alpha value is -1.07. The molecule has 0 amide bonds. The summed E-state index contributed by atoms with van der Waals surface area (Å²) in [6, 6.07) is 6.74. The van der Waals surface area contributed by atoms with Crippen molar-refractivity contribution in [2.24, 2.45) is 0 Å². The van der Waals surface area contributed by atoms with E-state index in [4.69, 9.17) is 0 Å². The van der Waals surface area contributed by atoms with E-state index in [1.165, 1.54) is 0 Å². The summed E-state index contributed by atoms with van der Waals surface area (Å²) >= 11 is 0. The summed E-state index contributed by atoms with van der Waals surface area (Å²) < 4.78 is 23.0. The van der Waals surface area contributed by atoms with Gasteiger partial charge in [-0.05, 0) is 24.3 Å². The van der Waals surface area contributed by atoms with Crippen LogP contribution in [0.2, 0.25) is 0 Å². The first-order chi connectivity index (χ1) is 6.95. The van der Waals surface area contributed by atoms with E-state index in [2.05, 4.69) is 5.43 Å². The number of hydrazine groups is 1. The molecule has 0 fully saturated rings. The van der Waals surface area contributed by atoms with Crippen LogP contribution in [0.15, 0.2) is 29.2 Å². The minimum atomic E-state index is -3.08. The standard InChI is InChI=1S/C10H16N2O2S/c1-4-15(13,14)10-7-5-9(6-8-10)11-12(2)3/h5-8,11H,4H2,1-3H3. The quantitative estimate of drug-likeness (QED) is 0.791. The summed E-state index contributed by atoms with van der Waals surface area (Å²) in [5.74, 6) is 0.132. The zero-order valence-electron chi connectivity index (χ0n) is 9.19. The Labute approximate surface area is 90.8 Å². The molecule has 0 saturated carbocycles. The minimum absolute atomic E-state index is 0.132. The third-order valence-corrected chi connectivity index (χ3v) is 3.70. The van der Waals surface area contributed by atoms with Crippen LogP contribution in [0, 0.1) is 0 Å². The molecule has 0 aliphatic heterocycles. The number of sulfone groups is 1. The molecule has 0 radical (unpaired) electrons. The molecule has 1 rings (SSSR count). The Bertz CT molecular complexity index is 410. The van der Waals surface area contributed by atoms with Crippen LogP contribution in [0.4, 0.5) is 5.69 Å². The SMILES string of the molecule is CCS(=O)(=O)c1ccc(NN(C)C)cc1. The van der Waals surface area contributed by atoms with Gasteiger partial charge >= 0.3 is 0 Å². The molecule has 1 aromatic rings. The molecule has 0 aromatic heterocycles. The highest BCUT2D eigenvalue weighted by atomic mass is 32.2. The summed E-state index contributed by atoms with van der Waals surface area (Å²) in [5.41, 5.74) is 3.91. The molecule has 4 nitrogen and oxygen atoms in total. The van der Waals surface area contributed by atoms with Crippen LogP contribution >= 0.6 is 0 Å². The van der Waals surface area contributed by atoms with Gasteiger partial charge in [-0.2, -0.15) is 0 Å². The van der Waals surface area contributed by atoms with Crippen molar-refractivity contribution in [2.75, 3.05) is 25.3 Å². The lowest BCUT2D eigenvalue weighted by molar-refractivity contribution is 0.495. The summed E-state index contributed by atoms with van der Waals surface area (Å²) in [6.45, 7) is 1.64. The topological polar surface area (TPSA) is 49.4 Å². The lowest BCUT2D eigenvalue weighted by Crippen LogP contribution is -2.19. The Morgan fingerprint density at radius 2 is 1.73 bits per heavy atom. The smallest absolute Gasteiger partial charge is 0.178 e. The van der Waals surface area contributed by atoms with Gasteiger partial charge < -0.3 is 5.43 Å². The van der Waals surface area contributed by atoms with Crippen LogP contribution in [0.25, 0.3) is 0 Å². The molecule has 0 bridgehead atoms. The fourth-order valence-corrected chi connectivity index (χ4v) is 2.05. The predicted octanol–water partition coefficient (Wildman–Crippen LogP) is 1.37. The second-order valence-electron chi connectivity index (χ2n) is 3.43. The molecule has 0 heterocycles. The van der Waals surface area contributed by atoms with Crippen molar-refractivity contribution in [3.05, 3.63) is 24.3 Å². The van der Waals surface area contributed by atoms with Crippen LogP contribution < -0.4 is 5.43 Å². The second-order valence-corrected chi connectivity index (χ2v) is 5.71. The highest BCUT2D eigenvalue weighted by Crippen LogP contribution is 2.15. The van der Waals surface area contributed by atoms with E-state index in [9.17, 15) is 8.42 Å². The number of anilines is 1. The van der Waals surface area contributed by atoms with Gasteiger partial charge in [0.05, 0.1) is 10.6 Å². The number of hydrogen-bond acceptors (Lipinski definition) is 4. The van der Waals surface area contributed by atoms with Gasteiger partial charge in [-0.1, -0.05) is 6.92 Å². The molecule has 0 aliphatic carbocycles. The van der Waals surface area contributed by atoms with Gasteiger partial charge in [-0.15, -0.1) is 0 Å². The summed E-state index contributed by atoms with van der Waals surface area (Å²) in [7, 11) is 0.659. The van der Waals surface area contributed by atoms with E-state index in [0.717, 1.165) is 5.69 Å². The molecular formula is C10H16N2O2S. The van der Waals surface area contributed by atoms with Gasteiger partial charge in [0.15, 0.2) is 9.84 Å². The molecule has 0 atom stereocenters. The molecule has 0 spiro atoms. The maximum atomic E-state index is 11.5. The number of nitrogens with one attached hydrogen (secondary N) is 1. The zero-order valence-corrected chi connectivity index (χ0v) is 10.0. The van der Waals surface area contributed by atoms with Gasteiger partial charge in [0.2, 0.25) is 0 Å². The van der Waals surface area contributed by atoms with Gasteiger partial charge in [0.1, 0.15) is 0 Å². The third-order valence-electron chi connectivity index (χ3n) is 1.95. The molecule has 5 heteroatoms. The fraction of sp³-hybridized carbons (Fsp3) is 0.400. The van der Waals surface area contributed by atoms with Crippen LogP contribution in [0.1, 0.15) is 6.92 Å². The van der Waals surface area contributed by atoms with Crippen molar-refractivity contribution in [2.45, 2.75) is 11.8 Å². The van der Waals surface area contributed by atoms with Gasteiger partial charge in [-0.25, -0.2) is 13.4 Å². The molecule has 0 unspecified atom stereocenters. The van der Waals surface area contributed by atoms with E-state index < -0.39 is 9.84 Å². The molecular weight excluding hydrogens is 212 g/mol. The maximum absolute atomic E-state index is 11.5. The number of benzene rings is 1. The Kier molecular flexibility index (Phi) is 3.71. The van der Waals surface area contributed by atoms with Crippen molar-refractivity contribution in [3.8, 4) is 0 Å². The van der Waals surface area contributed by atoms with Crippen molar-refractivity contribution < 1.29 is 8.42 Å². The zero-order chi connectivity index (χ0) is 11.5. The largest absolute Gasteiger partial charge is 0.319 e. The Morgan fingerprint density at radius 1 is 1.20 bits per heavy atom. The number of hydrogen-bond donors (Lipinski definition) is 1. The molecule has 1 N–H and O–H groups in total. The molecule has 1 aromatic carbocycles. The fourth-order valence-electron chi connectivity index (χ4n) is 1.16. The average molecular weight is 228 g/mol. The van der Waals surface area contributed by atoms with Crippen LogP contribution in [-0.4, -0.2) is 33.3 Å². The van der Waals surface area contributed by atoms with E-state index in [1.807, 2.05) is 14.1 Å². The van der Waals surface area contributed by atoms with Crippen molar-refractivity contribution >= 4 is 15.5 Å². The maximum Gasteiger partial charge on any atom is 0.178 e. The van der Waals surface area contributed by atoms with Crippen molar-refractivity contribution in [1.29, 1.82) is 0 Å². The first-order valence-electron chi connectivity index (χ1n) is 4.72.